The maximum atomic E-state index is 12.2. The molecule has 1 aliphatic carbocycles. The van der Waals surface area contributed by atoms with E-state index in [0.717, 1.165) is 32.2 Å². The average molecular weight is 304 g/mol. The molecule has 20 heavy (non-hydrogen) atoms. The van der Waals surface area contributed by atoms with Crippen LogP contribution < -0.4 is 5.73 Å². The van der Waals surface area contributed by atoms with Crippen molar-refractivity contribution in [3.05, 3.63) is 0 Å². The second-order valence-electron chi connectivity index (χ2n) is 6.51. The zero-order valence-corrected chi connectivity index (χ0v) is 14.4. The minimum absolute atomic E-state index is 0.302. The molecule has 0 amide bonds. The lowest BCUT2D eigenvalue weighted by Gasteiger charge is -2.46. The molecule has 1 rings (SSSR count). The Labute approximate surface area is 125 Å². The van der Waals surface area contributed by atoms with Gasteiger partial charge < -0.3 is 5.73 Å². The van der Waals surface area contributed by atoms with Crippen LogP contribution in [0.25, 0.3) is 0 Å². The summed E-state index contributed by atoms with van der Waals surface area (Å²) in [5, 5.41) is -0.302. The highest BCUT2D eigenvalue weighted by atomic mass is 32.2. The molecule has 5 heteroatoms. The number of hydrogen-bond acceptors (Lipinski definition) is 4. The van der Waals surface area contributed by atoms with Gasteiger partial charge in [-0.1, -0.05) is 26.2 Å². The maximum Gasteiger partial charge on any atom is 0.152 e. The van der Waals surface area contributed by atoms with Gasteiger partial charge in [-0.2, -0.15) is 0 Å². The Morgan fingerprint density at radius 1 is 1.35 bits per heavy atom. The fourth-order valence-corrected chi connectivity index (χ4v) is 5.58. The Kier molecular flexibility index (Phi) is 6.48. The van der Waals surface area contributed by atoms with Gasteiger partial charge in [0, 0.05) is 18.8 Å². The SMILES string of the molecule is CCCCCN(C(C)C)C1(CN)CCCC1S(C)(=O)=O. The smallest absolute Gasteiger partial charge is 0.152 e. The van der Waals surface area contributed by atoms with E-state index in [2.05, 4.69) is 25.7 Å². The van der Waals surface area contributed by atoms with E-state index < -0.39 is 9.84 Å². The first-order valence-electron chi connectivity index (χ1n) is 7.95. The van der Waals surface area contributed by atoms with Gasteiger partial charge in [-0.3, -0.25) is 4.90 Å². The summed E-state index contributed by atoms with van der Waals surface area (Å²) in [6, 6.07) is 0.331. The molecule has 0 radical (unpaired) electrons. The lowest BCUT2D eigenvalue weighted by atomic mass is 9.92. The number of sulfone groups is 1. The van der Waals surface area contributed by atoms with Crippen LogP contribution in [0.4, 0.5) is 0 Å². The number of rotatable bonds is 8. The highest BCUT2D eigenvalue weighted by molar-refractivity contribution is 7.91. The Morgan fingerprint density at radius 3 is 2.45 bits per heavy atom. The number of unbranched alkanes of at least 4 members (excludes halogenated alkanes) is 2. The molecule has 0 spiro atoms. The van der Waals surface area contributed by atoms with Crippen molar-refractivity contribution in [1.29, 1.82) is 0 Å². The summed E-state index contributed by atoms with van der Waals surface area (Å²) in [6.07, 6.45) is 7.49. The summed E-state index contributed by atoms with van der Waals surface area (Å²) in [7, 11) is -3.05. The van der Waals surface area contributed by atoms with Crippen molar-refractivity contribution in [3.63, 3.8) is 0 Å². The molecular formula is C15H32N2O2S. The molecule has 0 saturated heterocycles. The normalized spacial score (nSPS) is 27.6. The molecular weight excluding hydrogens is 272 g/mol. The standard InChI is InChI=1S/C15H32N2O2S/c1-5-6-7-11-17(13(2)3)15(12-16)10-8-9-14(15)20(4,18)19/h13-14H,5-12,16H2,1-4H3. The first-order chi connectivity index (χ1) is 9.29. The van der Waals surface area contributed by atoms with E-state index in [1.165, 1.54) is 19.1 Å². The molecule has 2 atom stereocenters. The van der Waals surface area contributed by atoms with Crippen molar-refractivity contribution in [2.75, 3.05) is 19.3 Å². The summed E-state index contributed by atoms with van der Waals surface area (Å²) in [5.41, 5.74) is 5.74. The molecule has 4 nitrogen and oxygen atoms in total. The third-order valence-electron chi connectivity index (χ3n) is 4.74. The largest absolute Gasteiger partial charge is 0.329 e. The predicted octanol–water partition coefficient (Wildman–Crippen LogP) is 2.18. The van der Waals surface area contributed by atoms with Crippen molar-refractivity contribution in [3.8, 4) is 0 Å². The molecule has 2 N–H and O–H groups in total. The molecule has 0 aromatic heterocycles. The van der Waals surface area contributed by atoms with Crippen LogP contribution in [0.1, 0.15) is 59.3 Å². The summed E-state index contributed by atoms with van der Waals surface area (Å²) in [6.45, 7) is 7.89. The molecule has 1 saturated carbocycles. The van der Waals surface area contributed by atoms with Gasteiger partial charge in [-0.15, -0.1) is 0 Å². The van der Waals surface area contributed by atoms with Crippen LogP contribution in [0.2, 0.25) is 0 Å². The van der Waals surface area contributed by atoms with Crippen molar-refractivity contribution < 1.29 is 8.42 Å². The highest BCUT2D eigenvalue weighted by Gasteiger charge is 2.51. The van der Waals surface area contributed by atoms with E-state index in [9.17, 15) is 8.42 Å². The Hall–Kier alpha value is -0.130. The van der Waals surface area contributed by atoms with Crippen LogP contribution in [0.5, 0.6) is 0 Å². The lowest BCUT2D eigenvalue weighted by Crippen LogP contribution is -2.62. The van der Waals surface area contributed by atoms with Crippen molar-refractivity contribution >= 4 is 9.84 Å². The van der Waals surface area contributed by atoms with Crippen molar-refractivity contribution in [2.24, 2.45) is 5.73 Å². The summed E-state index contributed by atoms with van der Waals surface area (Å²) < 4.78 is 24.4. The first-order valence-corrected chi connectivity index (χ1v) is 9.90. The van der Waals surface area contributed by atoms with Crippen molar-refractivity contribution in [1.82, 2.24) is 4.90 Å². The monoisotopic (exact) mass is 304 g/mol. The zero-order valence-electron chi connectivity index (χ0n) is 13.6. The average Bonchev–Trinajstić information content (AvgIpc) is 2.79. The van der Waals surface area contributed by atoms with Gasteiger partial charge in [-0.25, -0.2) is 8.42 Å². The Bertz CT molecular complexity index is 395. The van der Waals surface area contributed by atoms with Crippen LogP contribution in [0.15, 0.2) is 0 Å². The van der Waals surface area contributed by atoms with Crippen molar-refractivity contribution in [2.45, 2.75) is 76.1 Å². The topological polar surface area (TPSA) is 63.4 Å². The molecule has 0 bridgehead atoms. The van der Waals surface area contributed by atoms with E-state index in [4.69, 9.17) is 5.73 Å². The fourth-order valence-electron chi connectivity index (χ4n) is 3.84. The predicted molar refractivity (Wildman–Crippen MR) is 85.6 cm³/mol. The van der Waals surface area contributed by atoms with E-state index in [0.29, 0.717) is 12.6 Å². The molecule has 0 aliphatic heterocycles. The number of hydrogen-bond donors (Lipinski definition) is 1. The number of nitrogens with two attached hydrogens (primary N) is 1. The minimum atomic E-state index is -3.05. The summed E-state index contributed by atoms with van der Waals surface area (Å²) in [5.74, 6) is 0. The molecule has 0 aromatic carbocycles. The highest BCUT2D eigenvalue weighted by Crippen LogP contribution is 2.40. The van der Waals surface area contributed by atoms with Crippen LogP contribution >= 0.6 is 0 Å². The minimum Gasteiger partial charge on any atom is -0.329 e. The van der Waals surface area contributed by atoms with E-state index in [-0.39, 0.29) is 10.8 Å². The molecule has 1 fully saturated rings. The molecule has 0 heterocycles. The van der Waals surface area contributed by atoms with E-state index >= 15 is 0 Å². The van der Waals surface area contributed by atoms with E-state index in [1.807, 2.05) is 0 Å². The van der Waals surface area contributed by atoms with Crippen LogP contribution in [0, 0.1) is 0 Å². The van der Waals surface area contributed by atoms with E-state index in [1.54, 1.807) is 0 Å². The quantitative estimate of drug-likeness (QED) is 0.698. The van der Waals surface area contributed by atoms with Gasteiger partial charge in [0.25, 0.3) is 0 Å². The van der Waals surface area contributed by atoms with Gasteiger partial charge in [-0.05, 0) is 39.7 Å². The molecule has 2 unspecified atom stereocenters. The number of nitrogens with zero attached hydrogens (tertiary/aromatic N) is 1. The van der Waals surface area contributed by atoms with Gasteiger partial charge in [0.1, 0.15) is 0 Å². The lowest BCUT2D eigenvalue weighted by molar-refractivity contribution is 0.0663. The Morgan fingerprint density at radius 2 is 2.00 bits per heavy atom. The third kappa shape index (κ3) is 3.74. The second kappa shape index (κ2) is 7.23. The fraction of sp³-hybridized carbons (Fsp3) is 1.00. The summed E-state index contributed by atoms with van der Waals surface area (Å²) >= 11 is 0. The van der Waals surface area contributed by atoms with Crippen LogP contribution in [0.3, 0.4) is 0 Å². The van der Waals surface area contributed by atoms with Gasteiger partial charge in [0.2, 0.25) is 0 Å². The first kappa shape index (κ1) is 17.9. The Balaban J connectivity index is 3.03. The molecule has 0 aromatic rings. The molecule has 1 aliphatic rings. The van der Waals surface area contributed by atoms with Gasteiger partial charge in [0.05, 0.1) is 10.8 Å². The zero-order chi connectivity index (χ0) is 15.4. The van der Waals surface area contributed by atoms with Gasteiger partial charge >= 0.3 is 0 Å². The maximum absolute atomic E-state index is 12.2. The third-order valence-corrected chi connectivity index (χ3v) is 6.45. The van der Waals surface area contributed by atoms with Crippen LogP contribution in [-0.2, 0) is 9.84 Å². The van der Waals surface area contributed by atoms with Gasteiger partial charge in [0.15, 0.2) is 9.84 Å². The van der Waals surface area contributed by atoms with Crippen LogP contribution in [-0.4, -0.2) is 49.5 Å². The molecule has 120 valence electrons. The second-order valence-corrected chi connectivity index (χ2v) is 8.74. The summed E-state index contributed by atoms with van der Waals surface area (Å²) in [4.78, 5) is 2.38.